The fourth-order valence-electron chi connectivity index (χ4n) is 1.57. The van der Waals surface area contributed by atoms with Crippen molar-refractivity contribution in [2.45, 2.75) is 13.0 Å². The fourth-order valence-corrected chi connectivity index (χ4v) is 1.57. The average Bonchev–Trinajstić information content (AvgIpc) is 2.58. The van der Waals surface area contributed by atoms with Gasteiger partial charge in [-0.1, -0.05) is 18.2 Å². The van der Waals surface area contributed by atoms with E-state index in [4.69, 9.17) is 0 Å². The molecule has 0 fully saturated rings. The Labute approximate surface area is 76.8 Å². The number of fused-ring (bicyclic) bond motifs is 1. The maximum absolute atomic E-state index is 12.0. The molecule has 1 nitrogen and oxygen atoms in total. The van der Waals surface area contributed by atoms with E-state index in [0.717, 1.165) is 6.54 Å². The zero-order valence-corrected chi connectivity index (χ0v) is 7.41. The zero-order chi connectivity index (χ0) is 9.10. The van der Waals surface area contributed by atoms with Gasteiger partial charge in [-0.2, -0.15) is 0 Å². The SMILES string of the molecule is FCCCn1ccc2ccccc21. The minimum absolute atomic E-state index is 0.244. The van der Waals surface area contributed by atoms with Gasteiger partial charge in [0.25, 0.3) is 0 Å². The van der Waals surface area contributed by atoms with Crippen LogP contribution in [0.2, 0.25) is 0 Å². The lowest BCUT2D eigenvalue weighted by Gasteiger charge is -2.02. The molecule has 0 atom stereocenters. The van der Waals surface area contributed by atoms with Crippen LogP contribution in [0.25, 0.3) is 10.9 Å². The van der Waals surface area contributed by atoms with E-state index in [9.17, 15) is 4.39 Å². The molecular formula is C11H12FN. The van der Waals surface area contributed by atoms with Crippen LogP contribution in [0.1, 0.15) is 6.42 Å². The third kappa shape index (κ3) is 1.57. The number of nitrogens with zero attached hydrogens (tertiary/aromatic N) is 1. The van der Waals surface area contributed by atoms with E-state index in [0.29, 0.717) is 6.42 Å². The van der Waals surface area contributed by atoms with Crippen molar-refractivity contribution in [3.05, 3.63) is 36.5 Å². The van der Waals surface area contributed by atoms with Gasteiger partial charge in [0.2, 0.25) is 0 Å². The van der Waals surface area contributed by atoms with Crippen LogP contribution in [0.3, 0.4) is 0 Å². The van der Waals surface area contributed by atoms with Crippen molar-refractivity contribution in [1.82, 2.24) is 4.57 Å². The number of hydrogen-bond donors (Lipinski definition) is 0. The minimum atomic E-state index is -0.244. The highest BCUT2D eigenvalue weighted by Crippen LogP contribution is 2.15. The Morgan fingerprint density at radius 3 is 2.85 bits per heavy atom. The van der Waals surface area contributed by atoms with Crippen molar-refractivity contribution in [3.63, 3.8) is 0 Å². The number of aromatic nitrogens is 1. The molecule has 0 N–H and O–H groups in total. The number of benzene rings is 1. The molecule has 1 heterocycles. The van der Waals surface area contributed by atoms with Gasteiger partial charge in [-0.3, -0.25) is 4.39 Å². The maximum atomic E-state index is 12.0. The van der Waals surface area contributed by atoms with Gasteiger partial charge in [0, 0.05) is 18.3 Å². The van der Waals surface area contributed by atoms with Gasteiger partial charge in [0.1, 0.15) is 0 Å². The molecule has 1 aromatic carbocycles. The lowest BCUT2D eigenvalue weighted by atomic mass is 10.2. The van der Waals surface area contributed by atoms with E-state index in [-0.39, 0.29) is 6.67 Å². The van der Waals surface area contributed by atoms with Crippen LogP contribution in [0.15, 0.2) is 36.5 Å². The van der Waals surface area contributed by atoms with Gasteiger partial charge < -0.3 is 4.57 Å². The molecule has 13 heavy (non-hydrogen) atoms. The highest BCUT2D eigenvalue weighted by molar-refractivity contribution is 5.79. The number of aryl methyl sites for hydroxylation is 1. The van der Waals surface area contributed by atoms with Crippen LogP contribution >= 0.6 is 0 Å². The smallest absolute Gasteiger partial charge is 0.0911 e. The molecule has 1 aromatic heterocycles. The molecule has 0 unspecified atom stereocenters. The summed E-state index contributed by atoms with van der Waals surface area (Å²) in [6.45, 7) is 0.524. The molecule has 0 aliphatic heterocycles. The second-order valence-electron chi connectivity index (χ2n) is 3.11. The van der Waals surface area contributed by atoms with Gasteiger partial charge in [-0.05, 0) is 23.9 Å². The number of para-hydroxylation sites is 1. The first-order chi connectivity index (χ1) is 6.42. The Bertz CT molecular complexity index is 392. The fraction of sp³-hybridized carbons (Fsp3) is 0.273. The van der Waals surface area contributed by atoms with E-state index < -0.39 is 0 Å². The molecule has 0 bridgehead atoms. The Morgan fingerprint density at radius 1 is 1.15 bits per heavy atom. The molecular weight excluding hydrogens is 165 g/mol. The first-order valence-corrected chi connectivity index (χ1v) is 4.51. The van der Waals surface area contributed by atoms with Crippen LogP contribution in [-0.4, -0.2) is 11.2 Å². The third-order valence-electron chi connectivity index (χ3n) is 2.21. The number of alkyl halides is 1. The van der Waals surface area contributed by atoms with Gasteiger partial charge >= 0.3 is 0 Å². The van der Waals surface area contributed by atoms with Gasteiger partial charge in [0.15, 0.2) is 0 Å². The number of rotatable bonds is 3. The van der Waals surface area contributed by atoms with E-state index in [1.165, 1.54) is 10.9 Å². The summed E-state index contributed by atoms with van der Waals surface area (Å²) in [5.74, 6) is 0. The molecule has 0 saturated heterocycles. The standard InChI is InChI=1S/C11H12FN/c12-7-3-8-13-9-6-10-4-1-2-5-11(10)13/h1-2,4-6,9H,3,7-8H2. The molecule has 0 saturated carbocycles. The first kappa shape index (κ1) is 8.30. The summed E-state index contributed by atoms with van der Waals surface area (Å²) in [5.41, 5.74) is 1.19. The van der Waals surface area contributed by atoms with Crippen LogP contribution in [-0.2, 0) is 6.54 Å². The summed E-state index contributed by atoms with van der Waals surface area (Å²) in [6, 6.07) is 10.2. The third-order valence-corrected chi connectivity index (χ3v) is 2.21. The average molecular weight is 177 g/mol. The topological polar surface area (TPSA) is 4.93 Å². The Hall–Kier alpha value is -1.31. The monoisotopic (exact) mass is 177 g/mol. The maximum Gasteiger partial charge on any atom is 0.0911 e. The van der Waals surface area contributed by atoms with E-state index >= 15 is 0 Å². The molecule has 0 aliphatic carbocycles. The van der Waals surface area contributed by atoms with Crippen LogP contribution in [0.5, 0.6) is 0 Å². The number of halogens is 1. The first-order valence-electron chi connectivity index (χ1n) is 4.51. The molecule has 2 heteroatoms. The minimum Gasteiger partial charge on any atom is -0.347 e. The van der Waals surface area contributed by atoms with Gasteiger partial charge in [0.05, 0.1) is 6.67 Å². The lowest BCUT2D eigenvalue weighted by molar-refractivity contribution is 0.450. The largest absolute Gasteiger partial charge is 0.347 e. The second kappa shape index (κ2) is 3.60. The van der Waals surface area contributed by atoms with Crippen molar-refractivity contribution in [2.75, 3.05) is 6.67 Å². The summed E-state index contributed by atoms with van der Waals surface area (Å²) >= 11 is 0. The molecule has 0 radical (unpaired) electrons. The second-order valence-corrected chi connectivity index (χ2v) is 3.11. The van der Waals surface area contributed by atoms with Gasteiger partial charge in [-0.25, -0.2) is 0 Å². The van der Waals surface area contributed by atoms with Crippen LogP contribution in [0, 0.1) is 0 Å². The highest BCUT2D eigenvalue weighted by Gasteiger charge is 1.98. The Balaban J connectivity index is 2.35. The van der Waals surface area contributed by atoms with Crippen LogP contribution in [0.4, 0.5) is 4.39 Å². The predicted octanol–water partition coefficient (Wildman–Crippen LogP) is 3.00. The lowest BCUT2D eigenvalue weighted by Crippen LogP contribution is -1.96. The molecule has 0 spiro atoms. The Morgan fingerprint density at radius 2 is 2.00 bits per heavy atom. The predicted molar refractivity (Wildman–Crippen MR) is 52.5 cm³/mol. The summed E-state index contributed by atoms with van der Waals surface area (Å²) in [7, 11) is 0. The summed E-state index contributed by atoms with van der Waals surface area (Å²) in [5, 5.41) is 1.22. The molecule has 0 amide bonds. The normalized spacial score (nSPS) is 10.8. The molecule has 68 valence electrons. The van der Waals surface area contributed by atoms with Crippen molar-refractivity contribution in [2.24, 2.45) is 0 Å². The van der Waals surface area contributed by atoms with E-state index in [1.807, 2.05) is 18.3 Å². The molecule has 2 rings (SSSR count). The summed E-state index contributed by atoms with van der Waals surface area (Å²) < 4.78 is 14.1. The van der Waals surface area contributed by atoms with Crippen molar-refractivity contribution in [3.8, 4) is 0 Å². The quantitative estimate of drug-likeness (QED) is 0.679. The van der Waals surface area contributed by atoms with Crippen molar-refractivity contribution in [1.29, 1.82) is 0 Å². The molecule has 0 aliphatic rings. The number of hydrogen-bond acceptors (Lipinski definition) is 0. The van der Waals surface area contributed by atoms with Gasteiger partial charge in [-0.15, -0.1) is 0 Å². The summed E-state index contributed by atoms with van der Waals surface area (Å²) in [6.07, 6.45) is 2.61. The van der Waals surface area contributed by atoms with Crippen molar-refractivity contribution < 1.29 is 4.39 Å². The van der Waals surface area contributed by atoms with E-state index in [2.05, 4.69) is 22.8 Å². The van der Waals surface area contributed by atoms with Crippen LogP contribution < -0.4 is 0 Å². The van der Waals surface area contributed by atoms with Crippen molar-refractivity contribution >= 4 is 10.9 Å². The zero-order valence-electron chi connectivity index (χ0n) is 7.41. The Kier molecular flexibility index (Phi) is 2.30. The van der Waals surface area contributed by atoms with E-state index in [1.54, 1.807) is 0 Å². The summed E-state index contributed by atoms with van der Waals surface area (Å²) in [4.78, 5) is 0. The highest BCUT2D eigenvalue weighted by atomic mass is 19.1. The molecule has 2 aromatic rings.